The Labute approximate surface area is 351 Å². The summed E-state index contributed by atoms with van der Waals surface area (Å²) in [4.78, 5) is 89.8. The number of nitrogens with one attached hydrogen (secondary N) is 3. The lowest BCUT2D eigenvalue weighted by Crippen LogP contribution is -2.64. The summed E-state index contributed by atoms with van der Waals surface area (Å²) in [5.74, 6) is -1.38. The van der Waals surface area contributed by atoms with Crippen LogP contribution in [0, 0.1) is 24.2 Å². The lowest BCUT2D eigenvalue weighted by atomic mass is 9.56. The Morgan fingerprint density at radius 1 is 0.950 bits per heavy atom. The Morgan fingerprint density at radius 3 is 2.42 bits per heavy atom. The summed E-state index contributed by atoms with van der Waals surface area (Å²) in [6.45, 7) is 7.45. The van der Waals surface area contributed by atoms with Crippen LogP contribution < -0.4 is 16.0 Å². The second-order valence-corrected chi connectivity index (χ2v) is 19.1. The van der Waals surface area contributed by atoms with Crippen LogP contribution in [0.3, 0.4) is 0 Å². The number of benzene rings is 2. The zero-order chi connectivity index (χ0) is 42.1. The maximum atomic E-state index is 13.6. The van der Waals surface area contributed by atoms with Gasteiger partial charge in [-0.15, -0.1) is 11.3 Å². The second-order valence-electron chi connectivity index (χ2n) is 18.0. The molecule has 0 radical (unpaired) electrons. The van der Waals surface area contributed by atoms with E-state index in [0.717, 1.165) is 83.9 Å². The molecule has 3 aliphatic heterocycles. The molecule has 4 N–H and O–H groups in total. The highest BCUT2D eigenvalue weighted by Gasteiger charge is 2.54. The number of aliphatic hydroxyl groups is 1. The predicted molar refractivity (Wildman–Crippen MR) is 224 cm³/mol. The molecule has 1 unspecified atom stereocenters. The van der Waals surface area contributed by atoms with E-state index in [1.54, 1.807) is 55.5 Å². The largest absolute Gasteiger partial charge is 0.386 e. The first-order valence-electron chi connectivity index (χ1n) is 21.0. The number of amides is 6. The maximum absolute atomic E-state index is 13.6. The molecule has 312 valence electrons. The number of piperidine rings is 1. The van der Waals surface area contributed by atoms with E-state index in [9.17, 15) is 33.9 Å². The van der Waals surface area contributed by atoms with E-state index in [0.29, 0.717) is 35.1 Å². The van der Waals surface area contributed by atoms with Gasteiger partial charge >= 0.3 is 0 Å². The summed E-state index contributed by atoms with van der Waals surface area (Å²) in [5, 5.41) is 20.6. The van der Waals surface area contributed by atoms with Gasteiger partial charge in [0.1, 0.15) is 11.7 Å². The van der Waals surface area contributed by atoms with Gasteiger partial charge < -0.3 is 20.6 Å². The molecule has 5 heterocycles. The molecular weight excluding hydrogens is 783 g/mol. The van der Waals surface area contributed by atoms with Gasteiger partial charge in [0.2, 0.25) is 17.7 Å². The number of likely N-dealkylation sites (tertiary alicyclic amines) is 1. The number of rotatable bonds is 10. The van der Waals surface area contributed by atoms with Gasteiger partial charge in [-0.05, 0) is 114 Å². The van der Waals surface area contributed by atoms with Crippen molar-refractivity contribution in [1.29, 1.82) is 0 Å². The van der Waals surface area contributed by atoms with E-state index in [1.165, 1.54) is 0 Å². The van der Waals surface area contributed by atoms with Gasteiger partial charge in [-0.1, -0.05) is 12.1 Å². The highest BCUT2D eigenvalue weighted by Crippen LogP contribution is 2.54. The first-order chi connectivity index (χ1) is 28.7. The Morgan fingerprint density at radius 2 is 1.70 bits per heavy atom. The van der Waals surface area contributed by atoms with Gasteiger partial charge in [0.25, 0.3) is 17.7 Å². The highest BCUT2D eigenvalue weighted by molar-refractivity contribution is 7.18. The van der Waals surface area contributed by atoms with Crippen molar-refractivity contribution in [3.05, 3.63) is 81.6 Å². The summed E-state index contributed by atoms with van der Waals surface area (Å²) >= 11 is 1.61. The molecule has 14 nitrogen and oxygen atoms in total. The fourth-order valence-corrected chi connectivity index (χ4v) is 11.3. The van der Waals surface area contributed by atoms with Gasteiger partial charge in [-0.3, -0.25) is 39.0 Å². The number of nitrogens with zero attached hydrogens (tertiary/aromatic N) is 4. The van der Waals surface area contributed by atoms with Gasteiger partial charge in [-0.25, -0.2) is 9.97 Å². The van der Waals surface area contributed by atoms with Crippen molar-refractivity contribution in [3.8, 4) is 0 Å². The fourth-order valence-electron chi connectivity index (χ4n) is 10.1. The number of imide groups is 2. The average molecular weight is 832 g/mol. The molecule has 5 aliphatic rings. The number of pyridine rings is 1. The topological polar surface area (TPSA) is 191 Å². The lowest BCUT2D eigenvalue weighted by molar-refractivity contribution is -0.160. The standard InChI is InChI=1S/C45H49N7O7S/c1-24-6-4-9-31(47-24)38(54)48-32-19-35-33(18-29(32)44(2,3)59)49-40(60-35)26-10-12-27(13-11-26)41(56)51-22-45(23-51)20-25(21-45)16-17-46-30-8-5-7-28-37(30)43(58)52(42(28)57)34-14-15-36(53)50-39(34)55/h4-9,18-19,25-27,34,46,59H,10-17,20-23H2,1-3H3,(H,48,54)(H,50,53,55). The third-order valence-electron chi connectivity index (χ3n) is 13.1. The number of aryl methyl sites for hydroxylation is 1. The Balaban J connectivity index is 0.745. The third kappa shape index (κ3) is 7.35. The van der Waals surface area contributed by atoms with Crippen LogP contribution in [-0.2, 0) is 20.0 Å². The summed E-state index contributed by atoms with van der Waals surface area (Å²) in [6.07, 6.45) is 6.59. The normalized spacial score (nSPS) is 22.7. The maximum Gasteiger partial charge on any atom is 0.274 e. The number of hydrogen-bond donors (Lipinski definition) is 4. The van der Waals surface area contributed by atoms with Gasteiger partial charge in [0.05, 0.1) is 32.0 Å². The van der Waals surface area contributed by atoms with E-state index >= 15 is 0 Å². The van der Waals surface area contributed by atoms with Crippen molar-refractivity contribution in [3.63, 3.8) is 0 Å². The van der Waals surface area contributed by atoms with E-state index < -0.39 is 35.3 Å². The van der Waals surface area contributed by atoms with Crippen LogP contribution >= 0.6 is 11.3 Å². The van der Waals surface area contributed by atoms with Crippen LogP contribution in [0.2, 0.25) is 0 Å². The Hall–Kier alpha value is -5.54. The van der Waals surface area contributed by atoms with E-state index in [-0.39, 0.29) is 53.0 Å². The number of carbonyl (C=O) groups is 6. The molecule has 4 fully saturated rings. The quantitative estimate of drug-likeness (QED) is 0.140. The molecule has 2 saturated heterocycles. The molecule has 15 heteroatoms. The molecule has 6 amide bonds. The van der Waals surface area contributed by atoms with Crippen LogP contribution in [0.5, 0.6) is 0 Å². The minimum atomic E-state index is -1.21. The number of hydrogen-bond acceptors (Lipinski definition) is 11. The molecule has 2 saturated carbocycles. The monoisotopic (exact) mass is 831 g/mol. The summed E-state index contributed by atoms with van der Waals surface area (Å²) < 4.78 is 0.928. The van der Waals surface area contributed by atoms with E-state index in [2.05, 4.69) is 20.9 Å². The van der Waals surface area contributed by atoms with Gasteiger partial charge in [0, 0.05) is 65.9 Å². The fraction of sp³-hybridized carbons (Fsp3) is 0.467. The van der Waals surface area contributed by atoms with E-state index in [4.69, 9.17) is 4.98 Å². The SMILES string of the molecule is Cc1cccc(C(=O)Nc2cc3sc(C4CCC(C(=O)N5CC6(CC(CCNc7cccc8c7C(=O)N(C7CCC(=O)NC7=O)C8=O)C6)C5)CC4)nc3cc2C(C)(C)O)n1. The van der Waals surface area contributed by atoms with Crippen LogP contribution in [0.1, 0.15) is 125 Å². The van der Waals surface area contributed by atoms with Crippen LogP contribution in [-0.4, -0.2) is 86.0 Å². The first kappa shape index (κ1) is 39.9. The third-order valence-corrected chi connectivity index (χ3v) is 14.3. The Kier molecular flexibility index (Phi) is 10.1. The number of carbonyl (C=O) groups excluding carboxylic acids is 6. The smallest absolute Gasteiger partial charge is 0.274 e. The molecule has 2 aromatic carbocycles. The number of aromatic nitrogens is 2. The van der Waals surface area contributed by atoms with Crippen molar-refractivity contribution in [1.82, 2.24) is 25.1 Å². The molecule has 2 aromatic heterocycles. The molecule has 0 bridgehead atoms. The molecule has 60 heavy (non-hydrogen) atoms. The molecule has 1 atom stereocenters. The van der Waals surface area contributed by atoms with Crippen molar-refractivity contribution in [2.45, 2.75) is 96.1 Å². The van der Waals surface area contributed by atoms with Crippen LogP contribution in [0.25, 0.3) is 10.2 Å². The second kappa shape index (κ2) is 15.2. The van der Waals surface area contributed by atoms with Crippen molar-refractivity contribution >= 4 is 68.4 Å². The lowest BCUT2D eigenvalue weighted by Gasteiger charge is -2.60. The summed E-state index contributed by atoms with van der Waals surface area (Å²) in [5.41, 5.74) is 3.02. The zero-order valence-electron chi connectivity index (χ0n) is 34.0. The highest BCUT2D eigenvalue weighted by atomic mass is 32.1. The van der Waals surface area contributed by atoms with Crippen LogP contribution in [0.15, 0.2) is 48.5 Å². The molecular formula is C45H49N7O7S. The minimum Gasteiger partial charge on any atom is -0.386 e. The summed E-state index contributed by atoms with van der Waals surface area (Å²) in [6, 6.07) is 13.2. The van der Waals surface area contributed by atoms with Crippen molar-refractivity contribution in [2.75, 3.05) is 30.3 Å². The zero-order valence-corrected chi connectivity index (χ0v) is 34.8. The number of thiazole rings is 1. The Bertz CT molecular complexity index is 2450. The predicted octanol–water partition coefficient (Wildman–Crippen LogP) is 5.90. The average Bonchev–Trinajstić information content (AvgIpc) is 3.71. The van der Waals surface area contributed by atoms with Gasteiger partial charge in [-0.2, -0.15) is 0 Å². The first-order valence-corrected chi connectivity index (χ1v) is 21.8. The number of fused-ring (bicyclic) bond motifs is 2. The minimum absolute atomic E-state index is 0.0139. The molecule has 4 aromatic rings. The number of anilines is 2. The van der Waals surface area contributed by atoms with Crippen LogP contribution in [0.4, 0.5) is 11.4 Å². The van der Waals surface area contributed by atoms with Crippen molar-refractivity contribution in [2.24, 2.45) is 17.3 Å². The van der Waals surface area contributed by atoms with E-state index in [1.807, 2.05) is 30.0 Å². The van der Waals surface area contributed by atoms with Gasteiger partial charge in [0.15, 0.2) is 0 Å². The summed E-state index contributed by atoms with van der Waals surface area (Å²) in [7, 11) is 0. The molecule has 9 rings (SSSR count). The molecule has 2 aliphatic carbocycles. The molecule has 1 spiro atoms. The van der Waals surface area contributed by atoms with Crippen molar-refractivity contribution < 1.29 is 33.9 Å².